The first-order valence-corrected chi connectivity index (χ1v) is 7.17. The molecule has 0 aliphatic carbocycles. The number of nitrogens with one attached hydrogen (secondary N) is 1. The Hall–Kier alpha value is -1.88. The van der Waals surface area contributed by atoms with E-state index >= 15 is 0 Å². The fourth-order valence-corrected chi connectivity index (χ4v) is 2.54. The number of esters is 1. The third kappa shape index (κ3) is 3.82. The quantitative estimate of drug-likeness (QED) is 0.834. The van der Waals surface area contributed by atoms with E-state index in [1.165, 1.54) is 19.2 Å². The largest absolute Gasteiger partial charge is 0.465 e. The highest BCUT2D eigenvalue weighted by Crippen LogP contribution is 2.24. The molecule has 3 nitrogen and oxygen atoms in total. The summed E-state index contributed by atoms with van der Waals surface area (Å²) in [6.07, 6.45) is 0. The summed E-state index contributed by atoms with van der Waals surface area (Å²) in [6.45, 7) is 2.47. The van der Waals surface area contributed by atoms with Gasteiger partial charge in [0, 0.05) is 16.7 Å². The zero-order valence-corrected chi connectivity index (χ0v) is 13.3. The number of hydrogen-bond donors (Lipinski definition) is 1. The molecule has 0 saturated carbocycles. The molecule has 0 aliphatic rings. The van der Waals surface area contributed by atoms with Crippen LogP contribution in [0.15, 0.2) is 40.9 Å². The number of rotatable bonds is 4. The maximum atomic E-state index is 13.8. The molecular weight excluding hydrogens is 337 g/mol. The van der Waals surface area contributed by atoms with E-state index in [1.54, 1.807) is 6.07 Å². The Kier molecular flexibility index (Phi) is 4.96. The van der Waals surface area contributed by atoms with Gasteiger partial charge in [0.15, 0.2) is 0 Å². The molecule has 0 aromatic heterocycles. The normalized spacial score (nSPS) is 10.3. The molecule has 0 radical (unpaired) electrons. The zero-order chi connectivity index (χ0) is 15.4. The molecule has 2 aromatic carbocycles. The van der Waals surface area contributed by atoms with Gasteiger partial charge in [0.05, 0.1) is 12.7 Å². The molecule has 2 aromatic rings. The second kappa shape index (κ2) is 6.72. The Morgan fingerprint density at radius 3 is 2.67 bits per heavy atom. The summed E-state index contributed by atoms with van der Waals surface area (Å²) in [6, 6.07) is 10.4. The molecule has 5 heteroatoms. The van der Waals surface area contributed by atoms with Crippen molar-refractivity contribution in [3.8, 4) is 0 Å². The predicted molar refractivity (Wildman–Crippen MR) is 83.9 cm³/mol. The number of ether oxygens (including phenoxy) is 1. The Bertz CT molecular complexity index is 673. The lowest BCUT2D eigenvalue weighted by Gasteiger charge is -2.10. The van der Waals surface area contributed by atoms with Crippen molar-refractivity contribution in [1.29, 1.82) is 0 Å². The van der Waals surface area contributed by atoms with Crippen LogP contribution >= 0.6 is 15.9 Å². The van der Waals surface area contributed by atoms with Crippen molar-refractivity contribution in [1.82, 2.24) is 0 Å². The van der Waals surface area contributed by atoms with E-state index in [-0.39, 0.29) is 5.56 Å². The van der Waals surface area contributed by atoms with Crippen LogP contribution in [0.2, 0.25) is 0 Å². The number of carbonyl (C=O) groups excluding carboxylic acids is 1. The van der Waals surface area contributed by atoms with E-state index < -0.39 is 11.8 Å². The summed E-state index contributed by atoms with van der Waals surface area (Å²) < 4.78 is 19.3. The van der Waals surface area contributed by atoms with Crippen molar-refractivity contribution in [2.75, 3.05) is 12.4 Å². The Morgan fingerprint density at radius 1 is 1.29 bits per heavy atom. The lowest BCUT2D eigenvalue weighted by Crippen LogP contribution is -2.06. The average Bonchev–Trinajstić information content (AvgIpc) is 2.45. The fourth-order valence-electron chi connectivity index (χ4n) is 1.90. The minimum absolute atomic E-state index is 0.0576. The van der Waals surface area contributed by atoms with Gasteiger partial charge in [0.25, 0.3) is 0 Å². The van der Waals surface area contributed by atoms with Gasteiger partial charge in [-0.1, -0.05) is 12.1 Å². The topological polar surface area (TPSA) is 38.3 Å². The van der Waals surface area contributed by atoms with E-state index in [0.717, 1.165) is 21.3 Å². The molecule has 0 aliphatic heterocycles. The maximum absolute atomic E-state index is 13.8. The van der Waals surface area contributed by atoms with Crippen LogP contribution in [0.4, 0.5) is 10.1 Å². The monoisotopic (exact) mass is 351 g/mol. The molecule has 0 fully saturated rings. The Labute approximate surface area is 131 Å². The SMILES string of the molecule is COC(=O)c1ccc(CNc2ccc(C)cc2Br)cc1F. The van der Waals surface area contributed by atoms with Crippen LogP contribution in [-0.2, 0) is 11.3 Å². The van der Waals surface area contributed by atoms with Crippen molar-refractivity contribution in [2.24, 2.45) is 0 Å². The molecule has 0 amide bonds. The standard InChI is InChI=1S/C16H15BrFNO2/c1-10-3-6-15(13(17)7-10)19-9-11-4-5-12(14(18)8-11)16(20)21-2/h3-8,19H,9H2,1-2H3. The smallest absolute Gasteiger partial charge is 0.340 e. The van der Waals surface area contributed by atoms with E-state index in [2.05, 4.69) is 26.0 Å². The van der Waals surface area contributed by atoms with Crippen molar-refractivity contribution in [3.63, 3.8) is 0 Å². The second-order valence-corrected chi connectivity index (χ2v) is 5.50. The van der Waals surface area contributed by atoms with Crippen LogP contribution in [0.3, 0.4) is 0 Å². The molecule has 110 valence electrons. The van der Waals surface area contributed by atoms with Gasteiger partial charge in [-0.3, -0.25) is 0 Å². The summed E-state index contributed by atoms with van der Waals surface area (Å²) >= 11 is 3.48. The lowest BCUT2D eigenvalue weighted by molar-refractivity contribution is 0.0595. The molecule has 2 rings (SSSR count). The minimum Gasteiger partial charge on any atom is -0.465 e. The van der Waals surface area contributed by atoms with Crippen LogP contribution in [0.1, 0.15) is 21.5 Å². The van der Waals surface area contributed by atoms with E-state index in [0.29, 0.717) is 6.54 Å². The predicted octanol–water partition coefficient (Wildman–Crippen LogP) is 4.30. The van der Waals surface area contributed by atoms with Crippen molar-refractivity contribution < 1.29 is 13.9 Å². The van der Waals surface area contributed by atoms with E-state index in [4.69, 9.17) is 0 Å². The van der Waals surface area contributed by atoms with Gasteiger partial charge in [0.2, 0.25) is 0 Å². The summed E-state index contributed by atoms with van der Waals surface area (Å²) in [5.41, 5.74) is 2.77. The molecule has 0 spiro atoms. The van der Waals surface area contributed by atoms with Crippen molar-refractivity contribution >= 4 is 27.6 Å². The molecule has 21 heavy (non-hydrogen) atoms. The van der Waals surface area contributed by atoms with Gasteiger partial charge in [0.1, 0.15) is 5.82 Å². The highest BCUT2D eigenvalue weighted by Gasteiger charge is 2.12. The summed E-state index contributed by atoms with van der Waals surface area (Å²) in [7, 11) is 1.23. The van der Waals surface area contributed by atoms with E-state index in [1.807, 2.05) is 25.1 Å². The van der Waals surface area contributed by atoms with Crippen LogP contribution in [0, 0.1) is 12.7 Å². The molecule has 0 saturated heterocycles. The molecule has 0 bridgehead atoms. The van der Waals surface area contributed by atoms with Gasteiger partial charge in [-0.2, -0.15) is 0 Å². The maximum Gasteiger partial charge on any atom is 0.340 e. The summed E-state index contributed by atoms with van der Waals surface area (Å²) in [5, 5.41) is 3.22. The third-order valence-corrected chi connectivity index (χ3v) is 3.70. The van der Waals surface area contributed by atoms with Gasteiger partial charge in [-0.25, -0.2) is 9.18 Å². The Balaban J connectivity index is 2.10. The molecule has 0 heterocycles. The highest BCUT2D eigenvalue weighted by atomic mass is 79.9. The average molecular weight is 352 g/mol. The first-order valence-electron chi connectivity index (χ1n) is 6.38. The van der Waals surface area contributed by atoms with Gasteiger partial charge in [-0.05, 0) is 58.2 Å². The van der Waals surface area contributed by atoms with Crippen LogP contribution < -0.4 is 5.32 Å². The number of methoxy groups -OCH3 is 1. The number of halogens is 2. The van der Waals surface area contributed by atoms with Crippen LogP contribution in [0.5, 0.6) is 0 Å². The fraction of sp³-hybridized carbons (Fsp3) is 0.188. The highest BCUT2D eigenvalue weighted by molar-refractivity contribution is 9.10. The second-order valence-electron chi connectivity index (χ2n) is 4.64. The lowest BCUT2D eigenvalue weighted by atomic mass is 10.1. The Morgan fingerprint density at radius 2 is 2.05 bits per heavy atom. The van der Waals surface area contributed by atoms with Gasteiger partial charge < -0.3 is 10.1 Å². The molecule has 0 unspecified atom stereocenters. The zero-order valence-electron chi connectivity index (χ0n) is 11.7. The number of carbonyl (C=O) groups is 1. The summed E-state index contributed by atoms with van der Waals surface area (Å²) in [4.78, 5) is 11.3. The molecule has 1 N–H and O–H groups in total. The van der Waals surface area contributed by atoms with Crippen LogP contribution in [-0.4, -0.2) is 13.1 Å². The van der Waals surface area contributed by atoms with Gasteiger partial charge >= 0.3 is 5.97 Å². The molecular formula is C16H15BrFNO2. The molecule has 0 atom stereocenters. The minimum atomic E-state index is -0.673. The van der Waals surface area contributed by atoms with E-state index in [9.17, 15) is 9.18 Å². The van der Waals surface area contributed by atoms with Gasteiger partial charge in [-0.15, -0.1) is 0 Å². The number of hydrogen-bond acceptors (Lipinski definition) is 3. The first-order chi connectivity index (χ1) is 10.0. The van der Waals surface area contributed by atoms with Crippen molar-refractivity contribution in [3.05, 3.63) is 63.4 Å². The van der Waals surface area contributed by atoms with Crippen molar-refractivity contribution in [2.45, 2.75) is 13.5 Å². The summed E-state index contributed by atoms with van der Waals surface area (Å²) in [5.74, 6) is -1.25. The number of aryl methyl sites for hydroxylation is 1. The number of anilines is 1. The number of benzene rings is 2. The van der Waals surface area contributed by atoms with Crippen LogP contribution in [0.25, 0.3) is 0 Å². The first kappa shape index (κ1) is 15.5. The third-order valence-electron chi connectivity index (χ3n) is 3.05.